The number of hydrogen-bond acceptors (Lipinski definition) is 5. The summed E-state index contributed by atoms with van der Waals surface area (Å²) in [5.74, 6) is 0.821. The van der Waals surface area contributed by atoms with Crippen LogP contribution >= 0.6 is 11.3 Å². The van der Waals surface area contributed by atoms with E-state index in [1.54, 1.807) is 0 Å². The summed E-state index contributed by atoms with van der Waals surface area (Å²) in [6.45, 7) is 9.29. The van der Waals surface area contributed by atoms with Crippen LogP contribution in [0.2, 0.25) is 0 Å². The van der Waals surface area contributed by atoms with Crippen LogP contribution in [0.4, 0.5) is 0 Å². The molecular formula is C19H30N6OS. The number of rotatable bonds is 7. The van der Waals surface area contributed by atoms with Gasteiger partial charge in [-0.3, -0.25) is 14.6 Å². The molecule has 0 aliphatic carbocycles. The van der Waals surface area contributed by atoms with Crippen LogP contribution in [-0.2, 0) is 11.3 Å². The Morgan fingerprint density at radius 1 is 1.48 bits per heavy atom. The summed E-state index contributed by atoms with van der Waals surface area (Å²) in [6, 6.07) is 4.66. The maximum Gasteiger partial charge on any atom is 0.191 e. The molecular weight excluding hydrogens is 360 g/mol. The largest absolute Gasteiger partial charge is 0.376 e. The van der Waals surface area contributed by atoms with Gasteiger partial charge in [-0.2, -0.15) is 5.10 Å². The van der Waals surface area contributed by atoms with Crippen LogP contribution in [0.5, 0.6) is 0 Å². The molecule has 1 aliphatic rings. The lowest BCUT2D eigenvalue weighted by molar-refractivity contribution is -0.0334. The molecule has 0 amide bonds. The SMILES string of the molecule is CN=C(NCCn1cc(C)cn1)NCC(c1cccs1)N1CCOC(C)C1. The molecule has 27 heavy (non-hydrogen) atoms. The first kappa shape index (κ1) is 19.9. The summed E-state index contributed by atoms with van der Waals surface area (Å²) in [4.78, 5) is 8.24. The minimum Gasteiger partial charge on any atom is -0.376 e. The van der Waals surface area contributed by atoms with Crippen LogP contribution in [0.25, 0.3) is 0 Å². The van der Waals surface area contributed by atoms with E-state index in [2.05, 4.69) is 57.0 Å². The molecule has 3 heterocycles. The first-order valence-corrected chi connectivity index (χ1v) is 10.4. The third-order valence-electron chi connectivity index (χ3n) is 4.67. The molecule has 1 saturated heterocycles. The number of nitrogens with zero attached hydrogens (tertiary/aromatic N) is 4. The zero-order valence-electron chi connectivity index (χ0n) is 16.4. The van der Waals surface area contributed by atoms with Crippen LogP contribution in [-0.4, -0.2) is 66.6 Å². The fraction of sp³-hybridized carbons (Fsp3) is 0.579. The van der Waals surface area contributed by atoms with Gasteiger partial charge in [-0.25, -0.2) is 0 Å². The molecule has 2 aromatic heterocycles. The number of nitrogens with one attached hydrogen (secondary N) is 2. The second-order valence-corrected chi connectivity index (χ2v) is 7.85. The third-order valence-corrected chi connectivity index (χ3v) is 5.64. The number of morpholine rings is 1. The van der Waals surface area contributed by atoms with E-state index in [0.717, 1.165) is 45.3 Å². The van der Waals surface area contributed by atoms with Gasteiger partial charge < -0.3 is 15.4 Å². The summed E-state index contributed by atoms with van der Waals surface area (Å²) in [5, 5.41) is 13.3. The molecule has 0 aromatic carbocycles. The van der Waals surface area contributed by atoms with Crippen LogP contribution in [0, 0.1) is 6.92 Å². The Kier molecular flexibility index (Phi) is 7.25. The molecule has 7 nitrogen and oxygen atoms in total. The van der Waals surface area contributed by atoms with E-state index in [1.165, 1.54) is 10.4 Å². The molecule has 3 rings (SSSR count). The van der Waals surface area contributed by atoms with Crippen molar-refractivity contribution in [2.45, 2.75) is 32.5 Å². The van der Waals surface area contributed by atoms with Gasteiger partial charge in [0.25, 0.3) is 0 Å². The highest BCUT2D eigenvalue weighted by Gasteiger charge is 2.26. The normalized spacial score (nSPS) is 19.8. The minimum absolute atomic E-state index is 0.274. The molecule has 0 saturated carbocycles. The minimum atomic E-state index is 0.274. The van der Waals surface area contributed by atoms with E-state index in [4.69, 9.17) is 4.74 Å². The van der Waals surface area contributed by atoms with Crippen LogP contribution in [0.15, 0.2) is 34.9 Å². The lowest BCUT2D eigenvalue weighted by Gasteiger charge is -2.37. The monoisotopic (exact) mass is 390 g/mol. The van der Waals surface area contributed by atoms with Gasteiger partial charge in [-0.05, 0) is 30.9 Å². The standard InChI is InChI=1S/C19H30N6OS/c1-15-11-23-25(13-15)7-6-21-19(20-3)22-12-17(18-5-4-10-27-18)24-8-9-26-16(2)14-24/h4-5,10-11,13,16-17H,6-9,12,14H2,1-3H3,(H2,20,21,22). The number of aromatic nitrogens is 2. The van der Waals surface area contributed by atoms with Gasteiger partial charge in [0, 0.05) is 44.3 Å². The fourth-order valence-corrected chi connectivity index (χ4v) is 4.17. The number of guanidine groups is 1. The van der Waals surface area contributed by atoms with E-state index in [9.17, 15) is 0 Å². The van der Waals surface area contributed by atoms with Crippen molar-refractivity contribution in [1.29, 1.82) is 0 Å². The van der Waals surface area contributed by atoms with Crippen molar-refractivity contribution in [3.8, 4) is 0 Å². The number of hydrogen-bond donors (Lipinski definition) is 2. The van der Waals surface area contributed by atoms with E-state index in [-0.39, 0.29) is 6.10 Å². The maximum absolute atomic E-state index is 5.72. The predicted molar refractivity (Wildman–Crippen MR) is 110 cm³/mol. The van der Waals surface area contributed by atoms with Crippen molar-refractivity contribution in [2.75, 3.05) is 39.8 Å². The lowest BCUT2D eigenvalue weighted by atomic mass is 10.1. The molecule has 2 unspecified atom stereocenters. The van der Waals surface area contributed by atoms with Crippen molar-refractivity contribution in [1.82, 2.24) is 25.3 Å². The summed E-state index contributed by atoms with van der Waals surface area (Å²) in [7, 11) is 1.81. The topological polar surface area (TPSA) is 66.7 Å². The van der Waals surface area contributed by atoms with Gasteiger partial charge in [0.05, 0.1) is 31.5 Å². The van der Waals surface area contributed by atoms with Gasteiger partial charge in [-0.15, -0.1) is 11.3 Å². The molecule has 2 N–H and O–H groups in total. The van der Waals surface area contributed by atoms with E-state index >= 15 is 0 Å². The molecule has 8 heteroatoms. The third kappa shape index (κ3) is 5.79. The van der Waals surface area contributed by atoms with Crippen molar-refractivity contribution in [3.05, 3.63) is 40.3 Å². The molecule has 1 fully saturated rings. The van der Waals surface area contributed by atoms with Crippen LogP contribution < -0.4 is 10.6 Å². The number of thiophene rings is 1. The van der Waals surface area contributed by atoms with Gasteiger partial charge in [0.1, 0.15) is 0 Å². The molecule has 2 atom stereocenters. The number of aliphatic imine (C=N–C) groups is 1. The van der Waals surface area contributed by atoms with Gasteiger partial charge in [-0.1, -0.05) is 6.07 Å². The Morgan fingerprint density at radius 2 is 2.37 bits per heavy atom. The quantitative estimate of drug-likeness (QED) is 0.558. The summed E-state index contributed by atoms with van der Waals surface area (Å²) in [6.07, 6.45) is 4.20. The second kappa shape index (κ2) is 9.87. The van der Waals surface area contributed by atoms with Crippen molar-refractivity contribution >= 4 is 17.3 Å². The average molecular weight is 391 g/mol. The Balaban J connectivity index is 1.53. The summed E-state index contributed by atoms with van der Waals surface area (Å²) < 4.78 is 7.66. The van der Waals surface area contributed by atoms with Gasteiger partial charge in [0.15, 0.2) is 5.96 Å². The van der Waals surface area contributed by atoms with Crippen molar-refractivity contribution < 1.29 is 4.74 Å². The van der Waals surface area contributed by atoms with E-state index in [0.29, 0.717) is 6.04 Å². The predicted octanol–water partition coefficient (Wildman–Crippen LogP) is 1.88. The zero-order chi connectivity index (χ0) is 19.1. The smallest absolute Gasteiger partial charge is 0.191 e. The lowest BCUT2D eigenvalue weighted by Crippen LogP contribution is -2.48. The Hall–Kier alpha value is -1.90. The molecule has 0 radical (unpaired) electrons. The summed E-state index contributed by atoms with van der Waals surface area (Å²) in [5.41, 5.74) is 1.18. The van der Waals surface area contributed by atoms with Gasteiger partial charge >= 0.3 is 0 Å². The highest BCUT2D eigenvalue weighted by Crippen LogP contribution is 2.26. The molecule has 0 spiro atoms. The summed E-state index contributed by atoms with van der Waals surface area (Å²) >= 11 is 1.81. The highest BCUT2D eigenvalue weighted by atomic mass is 32.1. The van der Waals surface area contributed by atoms with Gasteiger partial charge in [0.2, 0.25) is 0 Å². The Labute approximate surface area is 165 Å². The van der Waals surface area contributed by atoms with Crippen LogP contribution in [0.3, 0.4) is 0 Å². The first-order chi connectivity index (χ1) is 13.2. The molecule has 1 aliphatic heterocycles. The Bertz CT molecular complexity index is 714. The van der Waals surface area contributed by atoms with E-state index < -0.39 is 0 Å². The fourth-order valence-electron chi connectivity index (χ4n) is 3.31. The zero-order valence-corrected chi connectivity index (χ0v) is 17.2. The molecule has 2 aromatic rings. The van der Waals surface area contributed by atoms with Crippen molar-refractivity contribution in [2.24, 2.45) is 4.99 Å². The maximum atomic E-state index is 5.72. The molecule has 0 bridgehead atoms. The Morgan fingerprint density at radius 3 is 3.04 bits per heavy atom. The average Bonchev–Trinajstić information content (AvgIpc) is 3.32. The van der Waals surface area contributed by atoms with Crippen molar-refractivity contribution in [3.63, 3.8) is 0 Å². The second-order valence-electron chi connectivity index (χ2n) is 6.87. The number of aryl methyl sites for hydroxylation is 1. The highest BCUT2D eigenvalue weighted by molar-refractivity contribution is 7.10. The van der Waals surface area contributed by atoms with Crippen LogP contribution in [0.1, 0.15) is 23.4 Å². The number of ether oxygens (including phenoxy) is 1. The first-order valence-electron chi connectivity index (χ1n) is 9.48. The van der Waals surface area contributed by atoms with E-state index in [1.807, 2.05) is 35.5 Å². The molecule has 148 valence electrons.